The predicted octanol–water partition coefficient (Wildman–Crippen LogP) is 4.24. The van der Waals surface area contributed by atoms with Gasteiger partial charge in [0.1, 0.15) is 5.69 Å². The second-order valence-corrected chi connectivity index (χ2v) is 7.92. The maximum Gasteiger partial charge on any atom is 0.417 e. The van der Waals surface area contributed by atoms with E-state index in [2.05, 4.69) is 20.5 Å². The topological polar surface area (TPSA) is 94.2 Å². The summed E-state index contributed by atoms with van der Waals surface area (Å²) in [5, 5.41) is 10.1. The maximum absolute atomic E-state index is 13.1. The number of fused-ring (bicyclic) bond motifs is 2. The van der Waals surface area contributed by atoms with E-state index >= 15 is 0 Å². The summed E-state index contributed by atoms with van der Waals surface area (Å²) >= 11 is 0. The molecule has 3 aromatic heterocycles. The first kappa shape index (κ1) is 24.2. The van der Waals surface area contributed by atoms with E-state index in [0.29, 0.717) is 6.20 Å². The smallest absolute Gasteiger partial charge is 0.293 e. The number of carbonyl (C=O) groups is 1. The van der Waals surface area contributed by atoms with E-state index in [4.69, 9.17) is 0 Å². The van der Waals surface area contributed by atoms with Crippen molar-refractivity contribution in [3.05, 3.63) is 63.6 Å². The fourth-order valence-electron chi connectivity index (χ4n) is 3.41. The highest BCUT2D eigenvalue weighted by molar-refractivity contribution is 5.91. The molecular weight excluding hydrogens is 482 g/mol. The van der Waals surface area contributed by atoms with Gasteiger partial charge in [-0.25, -0.2) is 4.52 Å². The van der Waals surface area contributed by atoms with Crippen LogP contribution < -0.4 is 10.7 Å². The van der Waals surface area contributed by atoms with Crippen LogP contribution in [-0.2, 0) is 23.6 Å². The molecule has 0 bridgehead atoms. The molecular formula is C21H16F6N6O2. The standard InChI is InChI=1S/C21H16F6N6O2/c1-10(2)33-15-7-11(20(22,23)24)3-5-13(15)18(35)14(30-33)8-17(34)29-19-28-16-6-4-12(21(25,26)27)9-32(16)31-19/h3-7,9-10H,8H2,1-2H3,(H,29,31,34). The molecule has 8 nitrogen and oxygen atoms in total. The predicted molar refractivity (Wildman–Crippen MR) is 112 cm³/mol. The lowest BCUT2D eigenvalue weighted by Crippen LogP contribution is -2.26. The van der Waals surface area contributed by atoms with Crippen molar-refractivity contribution in [1.29, 1.82) is 0 Å². The molecule has 0 radical (unpaired) electrons. The SMILES string of the molecule is CC(C)n1nc(CC(=O)Nc2nc3ccc(C(F)(F)F)cn3n2)c(=O)c2ccc(C(F)(F)F)cc21. The molecule has 4 rings (SSSR count). The average molecular weight is 498 g/mol. The fourth-order valence-corrected chi connectivity index (χ4v) is 3.41. The Morgan fingerprint density at radius 2 is 1.66 bits per heavy atom. The Kier molecular flexibility index (Phi) is 5.77. The summed E-state index contributed by atoms with van der Waals surface area (Å²) in [6.07, 6.45) is -9.07. The highest BCUT2D eigenvalue weighted by Crippen LogP contribution is 2.31. The molecule has 0 aliphatic carbocycles. The van der Waals surface area contributed by atoms with Gasteiger partial charge in [0.25, 0.3) is 0 Å². The van der Waals surface area contributed by atoms with Gasteiger partial charge in [-0.2, -0.15) is 36.4 Å². The van der Waals surface area contributed by atoms with Crippen molar-refractivity contribution in [2.24, 2.45) is 0 Å². The third-order valence-electron chi connectivity index (χ3n) is 5.03. The van der Waals surface area contributed by atoms with Crippen LogP contribution >= 0.6 is 0 Å². The van der Waals surface area contributed by atoms with E-state index < -0.39 is 47.3 Å². The van der Waals surface area contributed by atoms with E-state index in [1.807, 2.05) is 0 Å². The molecule has 0 saturated heterocycles. The second kappa shape index (κ2) is 8.36. The highest BCUT2D eigenvalue weighted by atomic mass is 19.4. The molecule has 14 heteroatoms. The Hall–Kier alpha value is -3.97. The number of alkyl halides is 6. The number of hydrogen-bond acceptors (Lipinski definition) is 5. The number of hydrogen-bond donors (Lipinski definition) is 1. The van der Waals surface area contributed by atoms with Gasteiger partial charge in [-0.3, -0.25) is 19.6 Å². The summed E-state index contributed by atoms with van der Waals surface area (Å²) in [5.41, 5.74) is -2.86. The van der Waals surface area contributed by atoms with Crippen LogP contribution in [0.15, 0.2) is 41.3 Å². The summed E-state index contributed by atoms with van der Waals surface area (Å²) in [7, 11) is 0. The normalized spacial score (nSPS) is 12.6. The van der Waals surface area contributed by atoms with Crippen LogP contribution in [0.25, 0.3) is 16.6 Å². The molecule has 0 unspecified atom stereocenters. The summed E-state index contributed by atoms with van der Waals surface area (Å²) in [6, 6.07) is 4.08. The molecule has 1 N–H and O–H groups in total. The van der Waals surface area contributed by atoms with Gasteiger partial charge in [-0.15, -0.1) is 5.10 Å². The molecule has 0 atom stereocenters. The van der Waals surface area contributed by atoms with E-state index in [0.717, 1.165) is 34.8 Å². The van der Waals surface area contributed by atoms with Crippen molar-refractivity contribution in [3.63, 3.8) is 0 Å². The molecule has 4 aromatic rings. The van der Waals surface area contributed by atoms with Crippen LogP contribution in [-0.4, -0.2) is 30.3 Å². The van der Waals surface area contributed by atoms with E-state index in [9.17, 15) is 35.9 Å². The number of anilines is 1. The number of pyridine rings is 1. The highest BCUT2D eigenvalue weighted by Gasteiger charge is 2.32. The molecule has 3 heterocycles. The Morgan fingerprint density at radius 3 is 2.29 bits per heavy atom. The molecule has 184 valence electrons. The van der Waals surface area contributed by atoms with Gasteiger partial charge in [0, 0.05) is 17.6 Å². The molecule has 0 aliphatic heterocycles. The maximum atomic E-state index is 13.1. The van der Waals surface area contributed by atoms with E-state index in [1.54, 1.807) is 13.8 Å². The summed E-state index contributed by atoms with van der Waals surface area (Å²) < 4.78 is 80.1. The number of amides is 1. The number of nitrogens with zero attached hydrogens (tertiary/aromatic N) is 5. The first-order valence-electron chi connectivity index (χ1n) is 10.1. The third kappa shape index (κ3) is 4.81. The Morgan fingerprint density at radius 1 is 1.00 bits per heavy atom. The zero-order chi connectivity index (χ0) is 25.7. The van der Waals surface area contributed by atoms with Gasteiger partial charge in [0.2, 0.25) is 17.3 Å². The van der Waals surface area contributed by atoms with E-state index in [1.165, 1.54) is 4.68 Å². The average Bonchev–Trinajstić information content (AvgIpc) is 3.15. The Labute approximate surface area is 192 Å². The number of benzene rings is 1. The molecule has 0 aliphatic rings. The largest absolute Gasteiger partial charge is 0.417 e. The van der Waals surface area contributed by atoms with Gasteiger partial charge in [0.05, 0.1) is 23.1 Å². The van der Waals surface area contributed by atoms with Crippen LogP contribution in [0.3, 0.4) is 0 Å². The molecule has 1 amide bonds. The van der Waals surface area contributed by atoms with Crippen LogP contribution in [0, 0.1) is 0 Å². The number of halogens is 6. The lowest BCUT2D eigenvalue weighted by atomic mass is 10.1. The van der Waals surface area contributed by atoms with Crippen LogP contribution in [0.2, 0.25) is 0 Å². The van der Waals surface area contributed by atoms with Crippen LogP contribution in [0.5, 0.6) is 0 Å². The molecule has 0 spiro atoms. The van der Waals surface area contributed by atoms with Gasteiger partial charge in [0.15, 0.2) is 5.65 Å². The number of aromatic nitrogens is 5. The quantitative estimate of drug-likeness (QED) is 0.425. The third-order valence-corrected chi connectivity index (χ3v) is 5.03. The summed E-state index contributed by atoms with van der Waals surface area (Å²) in [4.78, 5) is 29.3. The van der Waals surface area contributed by atoms with Crippen molar-refractivity contribution in [2.75, 3.05) is 5.32 Å². The van der Waals surface area contributed by atoms with Crippen molar-refractivity contribution in [1.82, 2.24) is 24.4 Å². The summed E-state index contributed by atoms with van der Waals surface area (Å²) in [5.74, 6) is -1.09. The van der Waals surface area contributed by atoms with Crippen molar-refractivity contribution in [2.45, 2.75) is 38.7 Å². The second-order valence-electron chi connectivity index (χ2n) is 7.92. The molecule has 0 fully saturated rings. The molecule has 35 heavy (non-hydrogen) atoms. The first-order valence-corrected chi connectivity index (χ1v) is 10.1. The zero-order valence-corrected chi connectivity index (χ0v) is 18.1. The fraction of sp³-hybridized carbons (Fsp3) is 0.286. The molecule has 1 aromatic carbocycles. The Bertz CT molecular complexity index is 1500. The minimum Gasteiger partial charge on any atom is -0.293 e. The van der Waals surface area contributed by atoms with Gasteiger partial charge < -0.3 is 0 Å². The zero-order valence-electron chi connectivity index (χ0n) is 18.1. The lowest BCUT2D eigenvalue weighted by Gasteiger charge is -2.16. The lowest BCUT2D eigenvalue weighted by molar-refractivity contribution is -0.138. The van der Waals surface area contributed by atoms with Crippen LogP contribution in [0.1, 0.15) is 36.7 Å². The van der Waals surface area contributed by atoms with Gasteiger partial charge >= 0.3 is 12.4 Å². The monoisotopic (exact) mass is 498 g/mol. The van der Waals surface area contributed by atoms with Crippen molar-refractivity contribution >= 4 is 28.4 Å². The van der Waals surface area contributed by atoms with Crippen molar-refractivity contribution < 1.29 is 31.1 Å². The summed E-state index contributed by atoms with van der Waals surface area (Å²) in [6.45, 7) is 3.30. The van der Waals surface area contributed by atoms with E-state index in [-0.39, 0.29) is 28.2 Å². The minimum absolute atomic E-state index is 0.0357. The van der Waals surface area contributed by atoms with Gasteiger partial charge in [-0.1, -0.05) is 0 Å². The number of nitrogens with one attached hydrogen (secondary N) is 1. The molecule has 0 saturated carbocycles. The van der Waals surface area contributed by atoms with Crippen LogP contribution in [0.4, 0.5) is 32.3 Å². The van der Waals surface area contributed by atoms with Crippen molar-refractivity contribution in [3.8, 4) is 0 Å². The Balaban J connectivity index is 1.64. The number of rotatable bonds is 4. The van der Waals surface area contributed by atoms with Gasteiger partial charge in [-0.05, 0) is 44.2 Å². The number of carbonyl (C=O) groups excluding carboxylic acids is 1. The first-order chi connectivity index (χ1) is 16.2. The minimum atomic E-state index is -4.62.